The Morgan fingerprint density at radius 1 is 1.10 bits per heavy atom. The topological polar surface area (TPSA) is 52.6 Å². The van der Waals surface area contributed by atoms with Gasteiger partial charge in [-0.05, 0) is 55.2 Å². The molecule has 4 rings (SSSR count). The van der Waals surface area contributed by atoms with Crippen LogP contribution in [0.1, 0.15) is 36.9 Å². The standard InChI is InChI=1S/C26H30N2O3/c1-19(21-8-4-3-5-9-21)28-17-20-12-13-25(29-2)24(16-20)23-11-6-14-27-26(23)31-18-22-10-7-15-30-22/h3-6,8-9,11-14,16,19,22,28H,7,10,15,17-18H2,1-2H3. The summed E-state index contributed by atoms with van der Waals surface area (Å²) in [5.41, 5.74) is 4.35. The van der Waals surface area contributed by atoms with Crippen LogP contribution in [0.5, 0.6) is 11.6 Å². The van der Waals surface area contributed by atoms with Crippen molar-refractivity contribution in [3.05, 3.63) is 78.0 Å². The van der Waals surface area contributed by atoms with Crippen LogP contribution in [0.15, 0.2) is 66.9 Å². The van der Waals surface area contributed by atoms with Crippen molar-refractivity contribution >= 4 is 0 Å². The molecular formula is C26H30N2O3. The molecule has 5 heteroatoms. The average molecular weight is 419 g/mol. The maximum absolute atomic E-state index is 6.06. The summed E-state index contributed by atoms with van der Waals surface area (Å²) in [5.74, 6) is 1.41. The first-order valence-corrected chi connectivity index (χ1v) is 10.9. The van der Waals surface area contributed by atoms with Crippen molar-refractivity contribution in [2.45, 2.75) is 38.5 Å². The lowest BCUT2D eigenvalue weighted by Crippen LogP contribution is -2.18. The highest BCUT2D eigenvalue weighted by Crippen LogP contribution is 2.36. The number of hydrogen-bond donors (Lipinski definition) is 1. The van der Waals surface area contributed by atoms with Gasteiger partial charge in [0.25, 0.3) is 0 Å². The summed E-state index contributed by atoms with van der Waals surface area (Å²) in [4.78, 5) is 4.49. The molecule has 0 aliphatic carbocycles. The third kappa shape index (κ3) is 5.43. The van der Waals surface area contributed by atoms with Gasteiger partial charge in [-0.2, -0.15) is 0 Å². The number of methoxy groups -OCH3 is 1. The maximum atomic E-state index is 6.06. The van der Waals surface area contributed by atoms with Crippen LogP contribution >= 0.6 is 0 Å². The van der Waals surface area contributed by atoms with E-state index in [0.29, 0.717) is 12.5 Å². The van der Waals surface area contributed by atoms with Crippen molar-refractivity contribution in [3.63, 3.8) is 0 Å². The molecule has 0 radical (unpaired) electrons. The Morgan fingerprint density at radius 3 is 2.74 bits per heavy atom. The second kappa shape index (κ2) is 10.4. The minimum atomic E-state index is 0.145. The van der Waals surface area contributed by atoms with Crippen molar-refractivity contribution in [2.24, 2.45) is 0 Å². The molecule has 2 unspecified atom stereocenters. The van der Waals surface area contributed by atoms with Gasteiger partial charge < -0.3 is 19.5 Å². The molecule has 2 heterocycles. The van der Waals surface area contributed by atoms with Gasteiger partial charge in [-0.1, -0.05) is 36.4 Å². The predicted molar refractivity (Wildman–Crippen MR) is 122 cm³/mol. The first-order valence-electron chi connectivity index (χ1n) is 10.9. The Labute approximate surface area is 184 Å². The normalized spacial score (nSPS) is 16.8. The summed E-state index contributed by atoms with van der Waals surface area (Å²) in [6, 6.07) is 20.9. The van der Waals surface area contributed by atoms with Crippen LogP contribution in [-0.4, -0.2) is 31.4 Å². The summed E-state index contributed by atoms with van der Waals surface area (Å²) in [7, 11) is 1.69. The lowest BCUT2D eigenvalue weighted by molar-refractivity contribution is 0.0665. The van der Waals surface area contributed by atoms with Crippen LogP contribution < -0.4 is 14.8 Å². The SMILES string of the molecule is COc1ccc(CNC(C)c2ccccc2)cc1-c1cccnc1OCC1CCCO1. The second-order valence-electron chi connectivity index (χ2n) is 7.85. The minimum Gasteiger partial charge on any atom is -0.496 e. The average Bonchev–Trinajstić information content (AvgIpc) is 3.35. The Balaban J connectivity index is 1.52. The molecule has 162 valence electrons. The second-order valence-corrected chi connectivity index (χ2v) is 7.85. The fourth-order valence-electron chi connectivity index (χ4n) is 3.86. The highest BCUT2D eigenvalue weighted by Gasteiger charge is 2.19. The van der Waals surface area contributed by atoms with Gasteiger partial charge in [0.1, 0.15) is 12.4 Å². The molecule has 1 aliphatic rings. The third-order valence-electron chi connectivity index (χ3n) is 5.67. The molecule has 5 nitrogen and oxygen atoms in total. The zero-order valence-corrected chi connectivity index (χ0v) is 18.2. The minimum absolute atomic E-state index is 0.145. The van der Waals surface area contributed by atoms with Gasteiger partial charge >= 0.3 is 0 Å². The third-order valence-corrected chi connectivity index (χ3v) is 5.67. The van der Waals surface area contributed by atoms with E-state index < -0.39 is 0 Å². The molecule has 3 aromatic rings. The molecule has 0 bridgehead atoms. The fraction of sp³-hybridized carbons (Fsp3) is 0.346. The van der Waals surface area contributed by atoms with Crippen LogP contribution in [0.25, 0.3) is 11.1 Å². The Morgan fingerprint density at radius 2 is 1.97 bits per heavy atom. The van der Waals surface area contributed by atoms with Crippen LogP contribution in [0.4, 0.5) is 0 Å². The Bertz CT molecular complexity index is 971. The Kier molecular flexibility index (Phi) is 7.18. The lowest BCUT2D eigenvalue weighted by Gasteiger charge is -2.17. The van der Waals surface area contributed by atoms with E-state index in [1.54, 1.807) is 13.3 Å². The highest BCUT2D eigenvalue weighted by atomic mass is 16.5. The Hall–Kier alpha value is -2.89. The lowest BCUT2D eigenvalue weighted by atomic mass is 10.0. The monoisotopic (exact) mass is 418 g/mol. The van der Waals surface area contributed by atoms with Gasteiger partial charge in [0.05, 0.1) is 13.2 Å². The zero-order chi connectivity index (χ0) is 21.5. The fourth-order valence-corrected chi connectivity index (χ4v) is 3.86. The predicted octanol–water partition coefficient (Wildman–Crippen LogP) is 5.17. The number of ether oxygens (including phenoxy) is 3. The molecule has 2 aromatic carbocycles. The number of benzene rings is 2. The number of nitrogens with one attached hydrogen (secondary N) is 1. The summed E-state index contributed by atoms with van der Waals surface area (Å²) in [6.07, 6.45) is 4.03. The smallest absolute Gasteiger partial charge is 0.221 e. The molecule has 0 amide bonds. The molecule has 1 aliphatic heterocycles. The van der Waals surface area contributed by atoms with E-state index in [9.17, 15) is 0 Å². The van der Waals surface area contributed by atoms with Crippen molar-refractivity contribution in [2.75, 3.05) is 20.3 Å². The highest BCUT2D eigenvalue weighted by molar-refractivity contribution is 5.75. The maximum Gasteiger partial charge on any atom is 0.221 e. The first kappa shape index (κ1) is 21.3. The van der Waals surface area contributed by atoms with Gasteiger partial charge in [-0.15, -0.1) is 0 Å². The molecule has 2 atom stereocenters. The van der Waals surface area contributed by atoms with E-state index in [0.717, 1.165) is 42.9 Å². The molecule has 1 fully saturated rings. The number of rotatable bonds is 9. The van der Waals surface area contributed by atoms with Crippen LogP contribution in [0, 0.1) is 0 Å². The zero-order valence-electron chi connectivity index (χ0n) is 18.2. The van der Waals surface area contributed by atoms with Crippen LogP contribution in [0.3, 0.4) is 0 Å². The van der Waals surface area contributed by atoms with Crippen LogP contribution in [-0.2, 0) is 11.3 Å². The molecule has 0 saturated carbocycles. The van der Waals surface area contributed by atoms with Crippen LogP contribution in [0.2, 0.25) is 0 Å². The molecule has 1 saturated heterocycles. The van der Waals surface area contributed by atoms with Crippen molar-refractivity contribution in [1.82, 2.24) is 10.3 Å². The van der Waals surface area contributed by atoms with Gasteiger partial charge in [-0.25, -0.2) is 4.98 Å². The number of aromatic nitrogens is 1. The molecule has 31 heavy (non-hydrogen) atoms. The van der Waals surface area contributed by atoms with Gasteiger partial charge in [-0.3, -0.25) is 0 Å². The summed E-state index contributed by atoms with van der Waals surface area (Å²) >= 11 is 0. The molecule has 1 N–H and O–H groups in total. The van der Waals surface area contributed by atoms with Gasteiger partial charge in [0.15, 0.2) is 0 Å². The van der Waals surface area contributed by atoms with E-state index in [4.69, 9.17) is 14.2 Å². The summed E-state index contributed by atoms with van der Waals surface area (Å²) in [6.45, 7) is 4.26. The van der Waals surface area contributed by atoms with Crippen molar-refractivity contribution in [3.8, 4) is 22.8 Å². The number of pyridine rings is 1. The summed E-state index contributed by atoms with van der Waals surface area (Å²) < 4.78 is 17.4. The van der Waals surface area contributed by atoms with Crippen molar-refractivity contribution in [1.29, 1.82) is 0 Å². The van der Waals surface area contributed by atoms with E-state index in [1.165, 1.54) is 11.1 Å². The molecule has 0 spiro atoms. The van der Waals surface area contributed by atoms with E-state index in [2.05, 4.69) is 53.6 Å². The van der Waals surface area contributed by atoms with E-state index >= 15 is 0 Å². The number of hydrogen-bond acceptors (Lipinski definition) is 5. The van der Waals surface area contributed by atoms with Gasteiger partial charge in [0.2, 0.25) is 5.88 Å². The van der Waals surface area contributed by atoms with Gasteiger partial charge in [0, 0.05) is 36.5 Å². The molecule has 1 aromatic heterocycles. The summed E-state index contributed by atoms with van der Waals surface area (Å²) in [5, 5.41) is 3.60. The largest absolute Gasteiger partial charge is 0.496 e. The molecular weight excluding hydrogens is 388 g/mol. The first-order chi connectivity index (χ1) is 15.2. The van der Waals surface area contributed by atoms with E-state index in [-0.39, 0.29) is 12.1 Å². The quantitative estimate of drug-likeness (QED) is 0.520. The van der Waals surface area contributed by atoms with Crippen molar-refractivity contribution < 1.29 is 14.2 Å². The van der Waals surface area contributed by atoms with E-state index in [1.807, 2.05) is 24.3 Å². The number of nitrogens with zero attached hydrogens (tertiary/aromatic N) is 1.